The van der Waals surface area contributed by atoms with Gasteiger partial charge in [-0.15, -0.1) is 0 Å². The number of aryl methyl sites for hydroxylation is 1. The van der Waals surface area contributed by atoms with Crippen LogP contribution in [0.1, 0.15) is 37.5 Å². The quantitative estimate of drug-likeness (QED) is 0.792. The monoisotopic (exact) mass is 381 g/mol. The topological polar surface area (TPSA) is 61.4 Å². The molecule has 0 bridgehead atoms. The van der Waals surface area contributed by atoms with Crippen LogP contribution in [0.4, 0.5) is 11.4 Å². The average molecular weight is 382 g/mol. The third-order valence-electron chi connectivity index (χ3n) is 4.71. The first kappa shape index (κ1) is 21.6. The van der Waals surface area contributed by atoms with Crippen LogP contribution in [0.3, 0.4) is 0 Å². The van der Waals surface area contributed by atoms with Gasteiger partial charge in [-0.3, -0.25) is 14.5 Å². The van der Waals surface area contributed by atoms with Gasteiger partial charge in [0.1, 0.15) is 0 Å². The van der Waals surface area contributed by atoms with Crippen LogP contribution in [0.2, 0.25) is 0 Å². The number of nitrogens with one attached hydrogen (secondary N) is 2. The molecule has 0 heterocycles. The number of carbonyl (C=O) groups excluding carboxylic acids is 2. The molecule has 0 radical (unpaired) electrons. The number of hydrogen-bond donors (Lipinski definition) is 2. The van der Waals surface area contributed by atoms with Crippen LogP contribution in [0.15, 0.2) is 42.5 Å². The molecule has 0 unspecified atom stereocenters. The van der Waals surface area contributed by atoms with Gasteiger partial charge >= 0.3 is 0 Å². The Morgan fingerprint density at radius 3 is 2.00 bits per heavy atom. The summed E-state index contributed by atoms with van der Waals surface area (Å²) in [6, 6.07) is 13.6. The number of nitrogens with zero attached hydrogens (tertiary/aromatic N) is 1. The van der Waals surface area contributed by atoms with Crippen molar-refractivity contribution in [3.63, 3.8) is 0 Å². The van der Waals surface area contributed by atoms with Crippen LogP contribution < -0.4 is 10.6 Å². The van der Waals surface area contributed by atoms with E-state index < -0.39 is 0 Å². The number of hydrogen-bond acceptors (Lipinski definition) is 3. The van der Waals surface area contributed by atoms with E-state index in [1.54, 1.807) is 11.9 Å². The first-order valence-corrected chi connectivity index (χ1v) is 9.52. The zero-order valence-corrected chi connectivity index (χ0v) is 17.7. The number of likely N-dealkylation sites (N-methyl/N-ethyl adjacent to an activating group) is 1. The van der Waals surface area contributed by atoms with E-state index in [0.717, 1.165) is 28.1 Å². The molecule has 0 atom stereocenters. The van der Waals surface area contributed by atoms with Gasteiger partial charge in [-0.2, -0.15) is 0 Å². The minimum atomic E-state index is -0.140. The van der Waals surface area contributed by atoms with Gasteiger partial charge in [0.05, 0.1) is 13.1 Å². The first-order chi connectivity index (χ1) is 13.1. The van der Waals surface area contributed by atoms with Crippen LogP contribution in [0.25, 0.3) is 0 Å². The van der Waals surface area contributed by atoms with E-state index in [4.69, 9.17) is 0 Å². The minimum absolute atomic E-state index is 0.0681. The van der Waals surface area contributed by atoms with Crippen molar-refractivity contribution < 1.29 is 9.59 Å². The summed E-state index contributed by atoms with van der Waals surface area (Å²) >= 11 is 0. The summed E-state index contributed by atoms with van der Waals surface area (Å²) in [5, 5.41) is 5.90. The Balaban J connectivity index is 1.93. The lowest BCUT2D eigenvalue weighted by Crippen LogP contribution is -2.36. The number of anilines is 2. The maximum absolute atomic E-state index is 12.5. The van der Waals surface area contributed by atoms with Crippen molar-refractivity contribution in [2.75, 3.05) is 30.8 Å². The summed E-state index contributed by atoms with van der Waals surface area (Å²) in [6.07, 6.45) is 0. The van der Waals surface area contributed by atoms with Crippen molar-refractivity contribution in [3.8, 4) is 0 Å². The number of carbonyl (C=O) groups is 2. The van der Waals surface area contributed by atoms with Crippen molar-refractivity contribution in [1.82, 2.24) is 4.90 Å². The lowest BCUT2D eigenvalue weighted by Gasteiger charge is -2.23. The molecule has 2 aromatic carbocycles. The van der Waals surface area contributed by atoms with Crippen molar-refractivity contribution in [2.24, 2.45) is 0 Å². The summed E-state index contributed by atoms with van der Waals surface area (Å²) in [5.41, 5.74) is 4.81. The zero-order chi connectivity index (χ0) is 20.9. The second kappa shape index (κ2) is 9.02. The Labute approximate surface area is 168 Å². The van der Waals surface area contributed by atoms with Gasteiger partial charge in [0, 0.05) is 11.4 Å². The molecule has 5 nitrogen and oxygen atoms in total. The molecule has 0 fully saturated rings. The fourth-order valence-electron chi connectivity index (χ4n) is 3.06. The molecule has 28 heavy (non-hydrogen) atoms. The molecular weight excluding hydrogens is 350 g/mol. The van der Waals surface area contributed by atoms with E-state index in [-0.39, 0.29) is 30.3 Å². The molecule has 2 aromatic rings. The van der Waals surface area contributed by atoms with Gasteiger partial charge in [-0.05, 0) is 55.1 Å². The lowest BCUT2D eigenvalue weighted by atomic mass is 9.86. The Morgan fingerprint density at radius 2 is 1.39 bits per heavy atom. The van der Waals surface area contributed by atoms with Crippen molar-refractivity contribution in [2.45, 2.75) is 40.0 Å². The average Bonchev–Trinajstić information content (AvgIpc) is 2.58. The van der Waals surface area contributed by atoms with Gasteiger partial charge in [-0.1, -0.05) is 51.1 Å². The third kappa shape index (κ3) is 5.92. The van der Waals surface area contributed by atoms with Crippen LogP contribution >= 0.6 is 0 Å². The Morgan fingerprint density at radius 1 is 0.857 bits per heavy atom. The molecule has 150 valence electrons. The summed E-state index contributed by atoms with van der Waals surface area (Å²) in [6.45, 7) is 10.6. The highest BCUT2D eigenvalue weighted by atomic mass is 16.2. The van der Waals surface area contributed by atoms with E-state index in [2.05, 4.69) is 31.4 Å². The Bertz CT molecular complexity index is 853. The van der Waals surface area contributed by atoms with Gasteiger partial charge in [0.15, 0.2) is 0 Å². The van der Waals surface area contributed by atoms with Gasteiger partial charge < -0.3 is 10.6 Å². The largest absolute Gasteiger partial charge is 0.325 e. The number of para-hydroxylation sites is 1. The predicted molar refractivity (Wildman–Crippen MR) is 116 cm³/mol. The highest BCUT2D eigenvalue weighted by Crippen LogP contribution is 2.29. The first-order valence-electron chi connectivity index (χ1n) is 9.52. The number of amides is 2. The third-order valence-corrected chi connectivity index (χ3v) is 4.71. The van der Waals surface area contributed by atoms with Crippen LogP contribution in [-0.4, -0.2) is 36.9 Å². The van der Waals surface area contributed by atoms with E-state index >= 15 is 0 Å². The van der Waals surface area contributed by atoms with Gasteiger partial charge in [0.2, 0.25) is 11.8 Å². The lowest BCUT2D eigenvalue weighted by molar-refractivity contribution is -0.119. The van der Waals surface area contributed by atoms with E-state index in [1.807, 2.05) is 56.3 Å². The molecule has 0 saturated heterocycles. The molecule has 2 N–H and O–H groups in total. The molecule has 0 spiro atoms. The molecule has 0 aliphatic rings. The second-order valence-electron chi connectivity index (χ2n) is 8.31. The molecule has 2 amide bonds. The fourth-order valence-corrected chi connectivity index (χ4v) is 3.06. The Hall–Kier alpha value is -2.66. The summed E-state index contributed by atoms with van der Waals surface area (Å²) < 4.78 is 0. The van der Waals surface area contributed by atoms with Crippen molar-refractivity contribution in [3.05, 3.63) is 59.2 Å². The number of rotatable bonds is 6. The fraction of sp³-hybridized carbons (Fsp3) is 0.391. The Kier molecular flexibility index (Phi) is 6.97. The zero-order valence-electron chi connectivity index (χ0n) is 17.7. The standard InChI is InChI=1S/C23H31N3O2/c1-16-10-9-13-19(17(16)2)24-21(27)14-26(6)15-22(28)25-20-12-8-7-11-18(20)23(3,4)5/h7-13H,14-15H2,1-6H3,(H,24,27)(H,25,28). The normalized spacial score (nSPS) is 11.4. The molecule has 0 aliphatic carbocycles. The molecule has 0 saturated carbocycles. The van der Waals surface area contributed by atoms with Gasteiger partial charge in [0.25, 0.3) is 0 Å². The highest BCUT2D eigenvalue weighted by Gasteiger charge is 2.19. The molecule has 0 aliphatic heterocycles. The second-order valence-corrected chi connectivity index (χ2v) is 8.31. The summed E-state index contributed by atoms with van der Waals surface area (Å²) in [4.78, 5) is 26.5. The van der Waals surface area contributed by atoms with Crippen LogP contribution in [0, 0.1) is 13.8 Å². The summed E-state index contributed by atoms with van der Waals surface area (Å²) in [5.74, 6) is -0.280. The van der Waals surface area contributed by atoms with Crippen molar-refractivity contribution >= 4 is 23.2 Å². The van der Waals surface area contributed by atoms with E-state index in [9.17, 15) is 9.59 Å². The smallest absolute Gasteiger partial charge is 0.238 e. The van der Waals surface area contributed by atoms with E-state index in [1.165, 1.54) is 0 Å². The molecular formula is C23H31N3O2. The number of benzene rings is 2. The SMILES string of the molecule is Cc1cccc(NC(=O)CN(C)CC(=O)Nc2ccccc2C(C)(C)C)c1C. The van der Waals surface area contributed by atoms with Crippen LogP contribution in [-0.2, 0) is 15.0 Å². The highest BCUT2D eigenvalue weighted by molar-refractivity contribution is 5.95. The molecule has 2 rings (SSSR count). The molecule has 5 heteroatoms. The summed E-state index contributed by atoms with van der Waals surface area (Å²) in [7, 11) is 1.76. The van der Waals surface area contributed by atoms with Crippen molar-refractivity contribution in [1.29, 1.82) is 0 Å². The minimum Gasteiger partial charge on any atom is -0.325 e. The maximum Gasteiger partial charge on any atom is 0.238 e. The molecule has 0 aromatic heterocycles. The predicted octanol–water partition coefficient (Wildman–Crippen LogP) is 4.11. The van der Waals surface area contributed by atoms with E-state index in [0.29, 0.717) is 0 Å². The van der Waals surface area contributed by atoms with Gasteiger partial charge in [-0.25, -0.2) is 0 Å². The van der Waals surface area contributed by atoms with Crippen LogP contribution in [0.5, 0.6) is 0 Å². The maximum atomic E-state index is 12.5.